The van der Waals surface area contributed by atoms with E-state index in [1.165, 1.54) is 0 Å². The second kappa shape index (κ2) is 6.55. The Labute approximate surface area is 110 Å². The number of amides is 1. The largest absolute Gasteiger partial charge is 0.350 e. The zero-order valence-corrected chi connectivity index (χ0v) is 11.6. The third-order valence-electron chi connectivity index (χ3n) is 2.97. The molecule has 0 aliphatic carbocycles. The number of carbonyl (C=O) groups is 1. The lowest BCUT2D eigenvalue weighted by molar-refractivity contribution is -0.124. The van der Waals surface area contributed by atoms with Crippen molar-refractivity contribution in [1.82, 2.24) is 5.32 Å². The van der Waals surface area contributed by atoms with Crippen LogP contribution in [-0.2, 0) is 11.2 Å². The van der Waals surface area contributed by atoms with E-state index in [4.69, 9.17) is 5.73 Å². The van der Waals surface area contributed by atoms with Crippen molar-refractivity contribution < 1.29 is 4.79 Å². The topological polar surface area (TPSA) is 55.1 Å². The highest BCUT2D eigenvalue weighted by atomic mass is 16.2. The van der Waals surface area contributed by atoms with Crippen LogP contribution in [0.25, 0.3) is 0 Å². The van der Waals surface area contributed by atoms with Gasteiger partial charge in [0.05, 0.1) is 6.04 Å². The van der Waals surface area contributed by atoms with Gasteiger partial charge in [0.25, 0.3) is 0 Å². The number of nitrogens with two attached hydrogens (primary N) is 1. The fourth-order valence-electron chi connectivity index (χ4n) is 2.07. The molecule has 1 unspecified atom stereocenters. The minimum Gasteiger partial charge on any atom is -0.350 e. The predicted molar refractivity (Wildman–Crippen MR) is 75.3 cm³/mol. The lowest BCUT2D eigenvalue weighted by Gasteiger charge is -2.27. The highest BCUT2D eigenvalue weighted by Gasteiger charge is 2.22. The van der Waals surface area contributed by atoms with Gasteiger partial charge in [0.1, 0.15) is 0 Å². The van der Waals surface area contributed by atoms with Crippen LogP contribution in [-0.4, -0.2) is 17.5 Å². The first-order valence-corrected chi connectivity index (χ1v) is 6.56. The Bertz CT molecular complexity index is 373. The summed E-state index contributed by atoms with van der Waals surface area (Å²) in [5.74, 6) is -0.0719. The van der Waals surface area contributed by atoms with E-state index in [0.717, 1.165) is 18.4 Å². The Morgan fingerprint density at radius 1 is 1.33 bits per heavy atom. The number of nitrogens with one attached hydrogen (secondary N) is 1. The quantitative estimate of drug-likeness (QED) is 0.811. The number of hydrogen-bond donors (Lipinski definition) is 2. The zero-order valence-electron chi connectivity index (χ0n) is 11.6. The van der Waals surface area contributed by atoms with Crippen LogP contribution in [0, 0.1) is 0 Å². The van der Waals surface area contributed by atoms with Crippen LogP contribution in [0.5, 0.6) is 0 Å². The van der Waals surface area contributed by atoms with Crippen LogP contribution in [0.2, 0.25) is 0 Å². The molecule has 0 radical (unpaired) electrons. The SMILES string of the molecule is CCCC(C)(C)NC(=O)C(N)Cc1ccccc1. The van der Waals surface area contributed by atoms with E-state index in [1.54, 1.807) is 0 Å². The maximum atomic E-state index is 12.0. The fraction of sp³-hybridized carbons (Fsp3) is 0.533. The van der Waals surface area contributed by atoms with Crippen molar-refractivity contribution in [3.05, 3.63) is 35.9 Å². The molecule has 1 aromatic carbocycles. The Kier molecular flexibility index (Phi) is 5.35. The van der Waals surface area contributed by atoms with E-state index < -0.39 is 6.04 Å². The number of hydrogen-bond acceptors (Lipinski definition) is 2. The monoisotopic (exact) mass is 248 g/mol. The summed E-state index contributed by atoms with van der Waals surface area (Å²) < 4.78 is 0. The molecular weight excluding hydrogens is 224 g/mol. The van der Waals surface area contributed by atoms with Crippen LogP contribution < -0.4 is 11.1 Å². The van der Waals surface area contributed by atoms with E-state index in [2.05, 4.69) is 12.2 Å². The molecule has 100 valence electrons. The minimum absolute atomic E-state index is 0.0719. The second-order valence-corrected chi connectivity index (χ2v) is 5.42. The summed E-state index contributed by atoms with van der Waals surface area (Å²) >= 11 is 0. The molecule has 0 spiro atoms. The maximum absolute atomic E-state index is 12.0. The lowest BCUT2D eigenvalue weighted by Crippen LogP contribution is -2.51. The van der Waals surface area contributed by atoms with Gasteiger partial charge in [-0.2, -0.15) is 0 Å². The molecule has 1 amide bonds. The summed E-state index contributed by atoms with van der Waals surface area (Å²) in [6.45, 7) is 6.17. The number of rotatable bonds is 6. The molecule has 0 aliphatic heterocycles. The van der Waals surface area contributed by atoms with Crippen LogP contribution in [0.1, 0.15) is 39.2 Å². The molecule has 1 rings (SSSR count). The van der Waals surface area contributed by atoms with Gasteiger partial charge in [-0.05, 0) is 32.3 Å². The van der Waals surface area contributed by atoms with E-state index in [9.17, 15) is 4.79 Å². The van der Waals surface area contributed by atoms with Gasteiger partial charge in [-0.3, -0.25) is 4.79 Å². The normalized spacial score (nSPS) is 13.1. The van der Waals surface area contributed by atoms with Gasteiger partial charge >= 0.3 is 0 Å². The van der Waals surface area contributed by atoms with Gasteiger partial charge in [0.15, 0.2) is 0 Å². The lowest BCUT2D eigenvalue weighted by atomic mass is 9.97. The molecule has 1 atom stereocenters. The second-order valence-electron chi connectivity index (χ2n) is 5.42. The van der Waals surface area contributed by atoms with E-state index >= 15 is 0 Å². The first-order chi connectivity index (χ1) is 8.44. The molecule has 0 heterocycles. The van der Waals surface area contributed by atoms with Crippen molar-refractivity contribution >= 4 is 5.91 Å². The van der Waals surface area contributed by atoms with Crippen LogP contribution in [0.4, 0.5) is 0 Å². The van der Waals surface area contributed by atoms with Gasteiger partial charge in [0, 0.05) is 5.54 Å². The molecule has 0 fully saturated rings. The van der Waals surface area contributed by atoms with Gasteiger partial charge in [0.2, 0.25) is 5.91 Å². The number of carbonyl (C=O) groups excluding carboxylic acids is 1. The molecule has 0 bridgehead atoms. The van der Waals surface area contributed by atoms with Crippen molar-refractivity contribution in [2.75, 3.05) is 0 Å². The van der Waals surface area contributed by atoms with E-state index in [0.29, 0.717) is 6.42 Å². The Hall–Kier alpha value is -1.35. The average Bonchev–Trinajstić information content (AvgIpc) is 2.29. The molecule has 3 N–H and O–H groups in total. The summed E-state index contributed by atoms with van der Waals surface area (Å²) in [6, 6.07) is 9.37. The summed E-state index contributed by atoms with van der Waals surface area (Å²) in [4.78, 5) is 12.0. The van der Waals surface area contributed by atoms with Crippen molar-refractivity contribution in [1.29, 1.82) is 0 Å². The molecule has 0 saturated heterocycles. The van der Waals surface area contributed by atoms with Crippen LogP contribution in [0.3, 0.4) is 0 Å². The molecule has 1 aromatic rings. The van der Waals surface area contributed by atoms with Gasteiger partial charge in [-0.15, -0.1) is 0 Å². The molecule has 0 saturated carbocycles. The molecule has 3 heteroatoms. The molecular formula is C15H24N2O. The van der Waals surface area contributed by atoms with Gasteiger partial charge in [-0.1, -0.05) is 43.7 Å². The van der Waals surface area contributed by atoms with Gasteiger partial charge < -0.3 is 11.1 Å². The first-order valence-electron chi connectivity index (χ1n) is 6.56. The van der Waals surface area contributed by atoms with Crippen LogP contribution in [0.15, 0.2) is 30.3 Å². The fourth-order valence-corrected chi connectivity index (χ4v) is 2.07. The van der Waals surface area contributed by atoms with Gasteiger partial charge in [-0.25, -0.2) is 0 Å². The summed E-state index contributed by atoms with van der Waals surface area (Å²) in [6.07, 6.45) is 2.58. The molecule has 3 nitrogen and oxygen atoms in total. The highest BCUT2D eigenvalue weighted by molar-refractivity contribution is 5.82. The Balaban J connectivity index is 2.52. The third kappa shape index (κ3) is 4.88. The van der Waals surface area contributed by atoms with E-state index in [1.807, 2.05) is 44.2 Å². The van der Waals surface area contributed by atoms with Crippen molar-refractivity contribution in [3.63, 3.8) is 0 Å². The molecule has 18 heavy (non-hydrogen) atoms. The maximum Gasteiger partial charge on any atom is 0.237 e. The standard InChI is InChI=1S/C15H24N2O/c1-4-10-15(2,3)17-14(18)13(16)11-12-8-6-5-7-9-12/h5-9,13H,4,10-11,16H2,1-3H3,(H,17,18). The van der Waals surface area contributed by atoms with E-state index in [-0.39, 0.29) is 11.4 Å². The van der Waals surface area contributed by atoms with Crippen molar-refractivity contribution in [2.24, 2.45) is 5.73 Å². The highest BCUT2D eigenvalue weighted by Crippen LogP contribution is 2.11. The summed E-state index contributed by atoms with van der Waals surface area (Å²) in [7, 11) is 0. The first kappa shape index (κ1) is 14.7. The summed E-state index contributed by atoms with van der Waals surface area (Å²) in [5.41, 5.74) is 6.85. The van der Waals surface area contributed by atoms with Crippen molar-refractivity contribution in [3.8, 4) is 0 Å². The number of benzene rings is 1. The molecule has 0 aromatic heterocycles. The Morgan fingerprint density at radius 2 is 1.94 bits per heavy atom. The zero-order chi connectivity index (χ0) is 13.6. The molecule has 0 aliphatic rings. The summed E-state index contributed by atoms with van der Waals surface area (Å²) in [5, 5.41) is 3.01. The van der Waals surface area contributed by atoms with Crippen LogP contribution >= 0.6 is 0 Å². The average molecular weight is 248 g/mol. The minimum atomic E-state index is -0.483. The Morgan fingerprint density at radius 3 is 2.50 bits per heavy atom. The third-order valence-corrected chi connectivity index (χ3v) is 2.97. The predicted octanol–water partition coefficient (Wildman–Crippen LogP) is 2.25. The smallest absolute Gasteiger partial charge is 0.237 e. The van der Waals surface area contributed by atoms with Crippen molar-refractivity contribution in [2.45, 2.75) is 51.6 Å².